The predicted octanol–water partition coefficient (Wildman–Crippen LogP) is 3.03. The molecule has 1 aromatic carbocycles. The second-order valence-corrected chi connectivity index (χ2v) is 5.25. The molecule has 2 rings (SSSR count). The Hall–Kier alpha value is -2.14. The third kappa shape index (κ3) is 2.82. The number of amides is 1. The maximum Gasteiger partial charge on any atom is 0.345 e. The minimum atomic E-state index is -1.01. The molecule has 0 saturated carbocycles. The first-order valence-electron chi connectivity index (χ1n) is 5.67. The monoisotopic (exact) mass is 275 g/mol. The molecule has 0 aliphatic heterocycles. The molecule has 1 amide bonds. The lowest BCUT2D eigenvalue weighted by atomic mass is 10.2. The number of carbonyl (C=O) groups is 2. The molecule has 0 saturated heterocycles. The van der Waals surface area contributed by atoms with Gasteiger partial charge in [0.05, 0.1) is 4.88 Å². The summed E-state index contributed by atoms with van der Waals surface area (Å²) in [5.74, 6) is -1.22. The van der Waals surface area contributed by atoms with Gasteiger partial charge in [0.25, 0.3) is 5.91 Å². The number of nitrogens with zero attached hydrogens (tertiary/aromatic N) is 1. The molecule has 0 unspecified atom stereocenters. The molecular weight excluding hydrogens is 262 g/mol. The number of rotatable bonds is 3. The molecule has 1 N–H and O–H groups in total. The van der Waals surface area contributed by atoms with Crippen LogP contribution in [0.1, 0.15) is 24.9 Å². The molecule has 19 heavy (non-hydrogen) atoms. The van der Waals surface area contributed by atoms with Crippen LogP contribution in [0.5, 0.6) is 0 Å². The summed E-state index contributed by atoms with van der Waals surface area (Å²) in [5.41, 5.74) is 1.90. The average Bonchev–Trinajstić information content (AvgIpc) is 2.87. The van der Waals surface area contributed by atoms with Crippen molar-refractivity contribution in [2.75, 3.05) is 11.9 Å². The molecule has 0 spiro atoms. The van der Waals surface area contributed by atoms with Crippen LogP contribution >= 0.6 is 11.3 Å². The molecule has 98 valence electrons. The Morgan fingerprint density at radius 3 is 2.16 bits per heavy atom. The highest BCUT2D eigenvalue weighted by Crippen LogP contribution is 2.21. The van der Waals surface area contributed by atoms with E-state index in [0.717, 1.165) is 22.6 Å². The zero-order valence-electron chi connectivity index (χ0n) is 10.6. The van der Waals surface area contributed by atoms with Gasteiger partial charge in [-0.05, 0) is 31.2 Å². The summed E-state index contributed by atoms with van der Waals surface area (Å²) in [6.45, 7) is 1.98. The van der Waals surface area contributed by atoms with E-state index in [4.69, 9.17) is 5.11 Å². The molecule has 0 radical (unpaired) electrons. The van der Waals surface area contributed by atoms with Gasteiger partial charge in [-0.2, -0.15) is 0 Å². The summed E-state index contributed by atoms with van der Waals surface area (Å²) in [6.07, 6.45) is 0. The smallest absolute Gasteiger partial charge is 0.345 e. The van der Waals surface area contributed by atoms with E-state index >= 15 is 0 Å². The van der Waals surface area contributed by atoms with Gasteiger partial charge in [-0.25, -0.2) is 4.79 Å². The molecule has 0 aliphatic carbocycles. The Kier molecular flexibility index (Phi) is 3.66. The van der Waals surface area contributed by atoms with Crippen molar-refractivity contribution in [3.63, 3.8) is 0 Å². The van der Waals surface area contributed by atoms with Crippen molar-refractivity contribution in [1.82, 2.24) is 0 Å². The van der Waals surface area contributed by atoms with Gasteiger partial charge in [0.2, 0.25) is 0 Å². The van der Waals surface area contributed by atoms with Gasteiger partial charge in [0.1, 0.15) is 4.88 Å². The van der Waals surface area contributed by atoms with Crippen LogP contribution in [0.3, 0.4) is 0 Å². The van der Waals surface area contributed by atoms with Crippen LogP contribution in [0.4, 0.5) is 5.69 Å². The van der Waals surface area contributed by atoms with Gasteiger partial charge in [0.15, 0.2) is 0 Å². The van der Waals surface area contributed by atoms with Crippen molar-refractivity contribution >= 4 is 28.9 Å². The highest BCUT2D eigenvalue weighted by atomic mass is 32.1. The number of thiophene rings is 1. The Labute approximate surface area is 114 Å². The fourth-order valence-electron chi connectivity index (χ4n) is 1.62. The number of carboxylic acid groups (broad SMARTS) is 1. The first kappa shape index (κ1) is 13.3. The molecule has 2 aromatic rings. The molecular formula is C14H13NO3S. The number of carboxylic acids is 1. The van der Waals surface area contributed by atoms with E-state index in [1.54, 1.807) is 13.1 Å². The number of benzene rings is 1. The van der Waals surface area contributed by atoms with Crippen molar-refractivity contribution in [2.24, 2.45) is 0 Å². The number of aromatic carboxylic acids is 1. The van der Waals surface area contributed by atoms with E-state index in [2.05, 4.69) is 0 Å². The minimum absolute atomic E-state index is 0.167. The van der Waals surface area contributed by atoms with E-state index < -0.39 is 5.97 Å². The number of anilines is 1. The third-order valence-electron chi connectivity index (χ3n) is 2.75. The summed E-state index contributed by atoms with van der Waals surface area (Å²) in [7, 11) is 1.67. The lowest BCUT2D eigenvalue weighted by Crippen LogP contribution is -2.25. The van der Waals surface area contributed by atoms with E-state index in [1.165, 1.54) is 11.0 Å². The minimum Gasteiger partial charge on any atom is -0.477 e. The van der Waals surface area contributed by atoms with Gasteiger partial charge in [-0.3, -0.25) is 4.79 Å². The largest absolute Gasteiger partial charge is 0.477 e. The molecule has 0 atom stereocenters. The second kappa shape index (κ2) is 5.24. The normalized spacial score (nSPS) is 10.2. The quantitative estimate of drug-likeness (QED) is 0.936. The first-order valence-corrected chi connectivity index (χ1v) is 6.48. The van der Waals surface area contributed by atoms with Gasteiger partial charge >= 0.3 is 5.97 Å². The van der Waals surface area contributed by atoms with E-state index in [1.807, 2.05) is 31.2 Å². The van der Waals surface area contributed by atoms with Crippen LogP contribution in [-0.4, -0.2) is 24.0 Å². The zero-order valence-corrected chi connectivity index (χ0v) is 11.4. The van der Waals surface area contributed by atoms with E-state index in [-0.39, 0.29) is 10.8 Å². The van der Waals surface area contributed by atoms with Gasteiger partial charge in [-0.15, -0.1) is 11.3 Å². The Morgan fingerprint density at radius 2 is 1.63 bits per heavy atom. The molecule has 5 heteroatoms. The lowest BCUT2D eigenvalue weighted by Gasteiger charge is -2.16. The summed E-state index contributed by atoms with van der Waals surface area (Å²) < 4.78 is 0. The highest BCUT2D eigenvalue weighted by Gasteiger charge is 2.17. The van der Waals surface area contributed by atoms with Crippen molar-refractivity contribution < 1.29 is 14.7 Å². The third-order valence-corrected chi connectivity index (χ3v) is 3.81. The highest BCUT2D eigenvalue weighted by molar-refractivity contribution is 7.16. The maximum absolute atomic E-state index is 12.2. The van der Waals surface area contributed by atoms with Crippen LogP contribution in [0.15, 0.2) is 36.4 Å². The molecule has 0 bridgehead atoms. The van der Waals surface area contributed by atoms with Crippen molar-refractivity contribution in [2.45, 2.75) is 6.92 Å². The molecule has 4 nitrogen and oxygen atoms in total. The van der Waals surface area contributed by atoms with Crippen LogP contribution in [0.2, 0.25) is 0 Å². The number of carbonyl (C=O) groups excluding carboxylic acids is 1. The fraction of sp³-hybridized carbons (Fsp3) is 0.143. The molecule has 0 aliphatic rings. The Balaban J connectivity index is 2.22. The molecule has 1 heterocycles. The van der Waals surface area contributed by atoms with Crippen molar-refractivity contribution in [1.29, 1.82) is 0 Å². The maximum atomic E-state index is 12.2. The molecule has 1 aromatic heterocycles. The summed E-state index contributed by atoms with van der Waals surface area (Å²) in [4.78, 5) is 25.1. The first-order chi connectivity index (χ1) is 8.99. The summed E-state index contributed by atoms with van der Waals surface area (Å²) in [5, 5.41) is 8.85. The van der Waals surface area contributed by atoms with E-state index in [9.17, 15) is 9.59 Å². The van der Waals surface area contributed by atoms with Crippen LogP contribution in [0, 0.1) is 6.92 Å². The van der Waals surface area contributed by atoms with Gasteiger partial charge < -0.3 is 10.0 Å². The Morgan fingerprint density at radius 1 is 1.05 bits per heavy atom. The van der Waals surface area contributed by atoms with Crippen molar-refractivity contribution in [3.05, 3.63) is 51.7 Å². The topological polar surface area (TPSA) is 57.6 Å². The van der Waals surface area contributed by atoms with Gasteiger partial charge in [-0.1, -0.05) is 17.7 Å². The average molecular weight is 275 g/mol. The predicted molar refractivity (Wildman–Crippen MR) is 75.2 cm³/mol. The van der Waals surface area contributed by atoms with Crippen LogP contribution in [0.25, 0.3) is 0 Å². The van der Waals surface area contributed by atoms with Gasteiger partial charge in [0, 0.05) is 12.7 Å². The Bertz CT molecular complexity index is 616. The summed E-state index contributed by atoms with van der Waals surface area (Å²) >= 11 is 0.984. The standard InChI is InChI=1S/C14H13NO3S/c1-9-3-5-10(6-4-9)15(2)13(16)11-7-8-12(19-11)14(17)18/h3-8H,1-2H3,(H,17,18). The lowest BCUT2D eigenvalue weighted by molar-refractivity contribution is 0.0702. The number of hydrogen-bond acceptors (Lipinski definition) is 3. The van der Waals surface area contributed by atoms with Crippen molar-refractivity contribution in [3.8, 4) is 0 Å². The zero-order chi connectivity index (χ0) is 14.0. The molecule has 0 fully saturated rings. The number of aryl methyl sites for hydroxylation is 1. The second-order valence-electron chi connectivity index (χ2n) is 4.17. The summed E-state index contributed by atoms with van der Waals surface area (Å²) in [6, 6.07) is 10.6. The van der Waals surface area contributed by atoms with E-state index in [0.29, 0.717) is 4.88 Å². The van der Waals surface area contributed by atoms with Crippen LogP contribution in [-0.2, 0) is 0 Å². The SMILES string of the molecule is Cc1ccc(N(C)C(=O)c2ccc(C(=O)O)s2)cc1. The number of hydrogen-bond donors (Lipinski definition) is 1. The van der Waals surface area contributed by atoms with Crippen LogP contribution < -0.4 is 4.90 Å². The fourth-order valence-corrected chi connectivity index (χ4v) is 2.44.